The number of carbonyl (C=O) groups excluding carboxylic acids is 3. The highest BCUT2D eigenvalue weighted by atomic mass is 31.2. The first-order valence-electron chi connectivity index (χ1n) is 14.7. The number of nitrogens with zero attached hydrogens (tertiary/aromatic N) is 3. The molecule has 1 aromatic heterocycles. The van der Waals surface area contributed by atoms with Crippen molar-refractivity contribution < 1.29 is 61.5 Å². The van der Waals surface area contributed by atoms with Gasteiger partial charge in [-0.25, -0.2) is 18.1 Å². The number of hydrogen-bond donors (Lipinski definition) is 4. The molecule has 1 saturated heterocycles. The molecule has 0 saturated carbocycles. The molecular weight excluding hydrogens is 665 g/mol. The van der Waals surface area contributed by atoms with Crippen molar-refractivity contribution in [2.45, 2.75) is 58.7 Å². The van der Waals surface area contributed by atoms with Crippen molar-refractivity contribution in [2.24, 2.45) is 10.6 Å². The molecule has 19 heteroatoms. The molecule has 1 unspecified atom stereocenters. The number of phosphoric ester groups is 1. The van der Waals surface area contributed by atoms with Gasteiger partial charge in [0.25, 0.3) is 11.8 Å². The molecule has 2 aromatic rings. The van der Waals surface area contributed by atoms with Crippen molar-refractivity contribution in [3.63, 3.8) is 0 Å². The number of halogens is 2. The number of benzene rings is 1. The van der Waals surface area contributed by atoms with Gasteiger partial charge in [0.05, 0.1) is 18.4 Å². The largest absolute Gasteiger partial charge is 0.511 e. The zero-order valence-electron chi connectivity index (χ0n) is 26.2. The number of amides is 2. The molecule has 2 aliphatic rings. The molecule has 48 heavy (non-hydrogen) atoms. The predicted molar refractivity (Wildman–Crippen MR) is 161 cm³/mol. The first-order valence-corrected chi connectivity index (χ1v) is 16.2. The smallest absolute Gasteiger partial charge is 0.451 e. The van der Waals surface area contributed by atoms with E-state index >= 15 is 0 Å². The zero-order chi connectivity index (χ0) is 35.4. The molecule has 16 nitrogen and oxygen atoms in total. The number of phosphoric acid groups is 1. The third-order valence-electron chi connectivity index (χ3n) is 8.30. The Morgan fingerprint density at radius 1 is 1.19 bits per heavy atom. The Labute approximate surface area is 272 Å². The maximum atomic E-state index is 14.3. The van der Waals surface area contributed by atoms with E-state index in [2.05, 4.69) is 19.7 Å². The normalized spacial score (nSPS) is 20.9. The van der Waals surface area contributed by atoms with Crippen LogP contribution >= 0.6 is 7.82 Å². The molecule has 4 rings (SSSR count). The number of aromatic nitrogens is 1. The molecular formula is C29H35F2N4O12P. The van der Waals surface area contributed by atoms with Gasteiger partial charge < -0.3 is 44.0 Å². The van der Waals surface area contributed by atoms with Crippen LogP contribution in [-0.2, 0) is 25.1 Å². The van der Waals surface area contributed by atoms with Crippen LogP contribution in [0.25, 0.3) is 0 Å². The number of rotatable bonds is 12. The first-order chi connectivity index (χ1) is 22.5. The van der Waals surface area contributed by atoms with Gasteiger partial charge in [-0.3, -0.25) is 18.9 Å². The summed E-state index contributed by atoms with van der Waals surface area (Å²) in [5.74, 6) is -3.94. The van der Waals surface area contributed by atoms with E-state index in [1.54, 1.807) is 11.8 Å². The van der Waals surface area contributed by atoms with E-state index in [0.29, 0.717) is 24.6 Å². The summed E-state index contributed by atoms with van der Waals surface area (Å²) in [6.45, 7) is 2.92. The fourth-order valence-electron chi connectivity index (χ4n) is 5.87. The average molecular weight is 701 g/mol. The summed E-state index contributed by atoms with van der Waals surface area (Å²) < 4.78 is 59.0. The third-order valence-corrected chi connectivity index (χ3v) is 8.82. The summed E-state index contributed by atoms with van der Waals surface area (Å²) in [5.41, 5.74) is -2.10. The lowest BCUT2D eigenvalue weighted by Gasteiger charge is -2.43. The Hall–Kier alpha value is -4.38. The minimum Gasteiger partial charge on any atom is -0.451 e. The van der Waals surface area contributed by atoms with Gasteiger partial charge >= 0.3 is 14.0 Å². The molecule has 1 fully saturated rings. The van der Waals surface area contributed by atoms with Crippen LogP contribution in [0.3, 0.4) is 0 Å². The zero-order valence-corrected chi connectivity index (χ0v) is 27.1. The predicted octanol–water partition coefficient (Wildman–Crippen LogP) is 3.08. The Morgan fingerprint density at radius 3 is 2.58 bits per heavy atom. The van der Waals surface area contributed by atoms with E-state index in [-0.39, 0.29) is 30.3 Å². The van der Waals surface area contributed by atoms with E-state index in [1.165, 1.54) is 10.8 Å². The van der Waals surface area contributed by atoms with Gasteiger partial charge in [0.1, 0.15) is 23.8 Å². The third kappa shape index (κ3) is 8.36. The summed E-state index contributed by atoms with van der Waals surface area (Å²) in [5, 5.41) is 15.2. The van der Waals surface area contributed by atoms with Crippen molar-refractivity contribution in [1.29, 1.82) is 0 Å². The molecule has 0 radical (unpaired) electrons. The monoisotopic (exact) mass is 700 g/mol. The number of hydrogen-bond acceptors (Lipinski definition) is 11. The van der Waals surface area contributed by atoms with Crippen molar-refractivity contribution in [1.82, 2.24) is 14.8 Å². The fourth-order valence-corrected chi connectivity index (χ4v) is 6.18. The SMILES string of the molecule is C/C(C[C@@]1(C)CC[C@H](C)N2CC1n1cc(C(=O)NCc3ccc(F)cc3F)c(=O)c(OCOC(=O)OCCOP(=O)(O)O)c1C2=O)=N/O. The second-order valence-corrected chi connectivity index (χ2v) is 13.0. The molecule has 1 aromatic carbocycles. The minimum absolute atomic E-state index is 0.0627. The number of ether oxygens (including phenoxy) is 3. The number of nitrogens with one attached hydrogen (secondary N) is 1. The molecule has 2 bridgehead atoms. The lowest BCUT2D eigenvalue weighted by molar-refractivity contribution is -0.00286. The van der Waals surface area contributed by atoms with Crippen LogP contribution in [0.2, 0.25) is 0 Å². The van der Waals surface area contributed by atoms with E-state index in [9.17, 15) is 37.7 Å². The second-order valence-electron chi connectivity index (χ2n) is 11.7. The molecule has 2 amide bonds. The quantitative estimate of drug-likeness (QED) is 0.0478. The highest BCUT2D eigenvalue weighted by Gasteiger charge is 2.48. The molecule has 4 N–H and O–H groups in total. The van der Waals surface area contributed by atoms with Crippen LogP contribution < -0.4 is 15.5 Å². The highest BCUT2D eigenvalue weighted by molar-refractivity contribution is 7.46. The van der Waals surface area contributed by atoms with Gasteiger partial charge in [0, 0.05) is 37.0 Å². The van der Waals surface area contributed by atoms with Crippen LogP contribution in [0.15, 0.2) is 34.3 Å². The number of oxime groups is 1. The van der Waals surface area contributed by atoms with E-state index in [4.69, 9.17) is 19.3 Å². The Morgan fingerprint density at radius 2 is 1.92 bits per heavy atom. The summed E-state index contributed by atoms with van der Waals surface area (Å²) in [7, 11) is -4.80. The van der Waals surface area contributed by atoms with Gasteiger partial charge in [-0.2, -0.15) is 0 Å². The van der Waals surface area contributed by atoms with Crippen LogP contribution in [0.1, 0.15) is 72.5 Å². The standard InChI is InChI=1S/C29H35F2N4O12P/c1-16(33-40)11-29(3)7-6-17(2)34-14-22(29)35-13-20(26(37)32-12-18-4-5-19(30)10-21(18)31)24(36)25(23(35)27(34)38)45-15-46-28(39)44-8-9-47-48(41,42)43/h4-5,10,13,17,22,40H,6-9,11-12,14-15H2,1-3H3,(H,32,37)(H2,41,42,43)/b33-16-/t17-,22?,29+/m0/s1. The Kier molecular flexibility index (Phi) is 11.2. The highest BCUT2D eigenvalue weighted by Crippen LogP contribution is 2.47. The number of pyridine rings is 1. The molecule has 2 aliphatic heterocycles. The van der Waals surface area contributed by atoms with Gasteiger partial charge in [0.2, 0.25) is 18.0 Å². The van der Waals surface area contributed by atoms with Gasteiger partial charge in [0.15, 0.2) is 5.69 Å². The van der Waals surface area contributed by atoms with Crippen LogP contribution in [0.5, 0.6) is 5.75 Å². The fraction of sp³-hybridized carbons (Fsp3) is 0.483. The molecule has 0 spiro atoms. The minimum atomic E-state index is -4.80. The molecule has 262 valence electrons. The lowest BCUT2D eigenvalue weighted by Crippen LogP contribution is -2.50. The summed E-state index contributed by atoms with van der Waals surface area (Å²) in [6.07, 6.45) is 1.25. The van der Waals surface area contributed by atoms with E-state index in [0.717, 1.165) is 12.1 Å². The maximum absolute atomic E-state index is 14.3. The molecule has 0 aliphatic carbocycles. The summed E-state index contributed by atoms with van der Waals surface area (Å²) in [6, 6.07) is 1.92. The number of carbonyl (C=O) groups is 3. The van der Waals surface area contributed by atoms with Gasteiger partial charge in [-0.1, -0.05) is 18.1 Å². The lowest BCUT2D eigenvalue weighted by atomic mass is 9.74. The maximum Gasteiger partial charge on any atom is 0.511 e. The van der Waals surface area contributed by atoms with Crippen molar-refractivity contribution >= 4 is 31.5 Å². The van der Waals surface area contributed by atoms with Gasteiger partial charge in [-0.05, 0) is 44.6 Å². The van der Waals surface area contributed by atoms with Crippen molar-refractivity contribution in [2.75, 3.05) is 26.6 Å². The Bertz CT molecular complexity index is 1710. The van der Waals surface area contributed by atoms with Gasteiger partial charge in [-0.15, -0.1) is 0 Å². The topological polar surface area (TPSA) is 216 Å². The van der Waals surface area contributed by atoms with E-state index in [1.807, 2.05) is 13.8 Å². The number of fused-ring (bicyclic) bond motifs is 4. The van der Waals surface area contributed by atoms with Crippen molar-refractivity contribution in [3.8, 4) is 5.75 Å². The van der Waals surface area contributed by atoms with Crippen LogP contribution in [-0.4, -0.2) is 80.7 Å². The molecule has 3 atom stereocenters. The van der Waals surface area contributed by atoms with Crippen molar-refractivity contribution in [3.05, 3.63) is 63.1 Å². The summed E-state index contributed by atoms with van der Waals surface area (Å²) >= 11 is 0. The first kappa shape index (κ1) is 36.5. The van der Waals surface area contributed by atoms with Crippen LogP contribution in [0.4, 0.5) is 13.6 Å². The van der Waals surface area contributed by atoms with E-state index < -0.39 is 92.2 Å². The van der Waals surface area contributed by atoms with Crippen LogP contribution in [0, 0.1) is 17.0 Å². The second kappa shape index (κ2) is 14.8. The Balaban J connectivity index is 1.71. The molecule has 3 heterocycles. The summed E-state index contributed by atoms with van der Waals surface area (Å²) in [4.78, 5) is 72.1. The average Bonchev–Trinajstić information content (AvgIpc) is 3.12.